The summed E-state index contributed by atoms with van der Waals surface area (Å²) in [6, 6.07) is 10.2. The highest BCUT2D eigenvalue weighted by atomic mass is 80.0. The lowest BCUT2D eigenvalue weighted by atomic mass is 9.82. The molecule has 140 valence electrons. The quantitative estimate of drug-likeness (QED) is 0.259. The van der Waals surface area contributed by atoms with Crippen LogP contribution in [0.1, 0.15) is 5.56 Å². The Balaban J connectivity index is 0.00000312. The molecule has 0 aromatic heterocycles. The van der Waals surface area contributed by atoms with E-state index in [1.54, 1.807) is 0 Å². The predicted octanol–water partition coefficient (Wildman–Crippen LogP) is 10.6. The zero-order chi connectivity index (χ0) is 18.5. The van der Waals surface area contributed by atoms with E-state index in [1.807, 2.05) is 18.2 Å². The molecule has 3 unspecified atom stereocenters. The Bertz CT molecular complexity index is 705. The van der Waals surface area contributed by atoms with E-state index in [1.165, 1.54) is 0 Å². The Hall–Kier alpha value is 3.98. The number of hydrogen-bond acceptors (Lipinski definition) is 0. The highest BCUT2D eigenvalue weighted by Crippen LogP contribution is 2.70. The van der Waals surface area contributed by atoms with Crippen LogP contribution in [0.25, 0.3) is 0 Å². The highest BCUT2D eigenvalue weighted by Gasteiger charge is 2.65. The van der Waals surface area contributed by atoms with Crippen LogP contribution in [-0.4, -0.2) is 11.3 Å². The number of rotatable bonds is 2. The van der Waals surface area contributed by atoms with Gasteiger partial charge in [0, 0.05) is 17.9 Å². The summed E-state index contributed by atoms with van der Waals surface area (Å²) in [5.41, 5.74) is 1.06. The van der Waals surface area contributed by atoms with Gasteiger partial charge in [0.2, 0.25) is 0 Å². The third-order valence-corrected chi connectivity index (χ3v) is 18.6. The summed E-state index contributed by atoms with van der Waals surface area (Å²) < 4.78 is 1.83. The third kappa shape index (κ3) is 4.61. The fourth-order valence-electron chi connectivity index (χ4n) is 2.33. The van der Waals surface area contributed by atoms with Crippen LogP contribution in [0.5, 0.6) is 0 Å². The second-order valence-corrected chi connectivity index (χ2v) is 18.2. The molecule has 1 aliphatic rings. The first-order valence-corrected chi connectivity index (χ1v) is 14.2. The Labute approximate surface area is 241 Å². The summed E-state index contributed by atoms with van der Waals surface area (Å²) in [5, 5.41) is 0. The Morgan fingerprint density at radius 3 is 1.76 bits per heavy atom. The van der Waals surface area contributed by atoms with Gasteiger partial charge in [0.05, 0.1) is 9.15 Å². The molecule has 11 heteroatoms. The van der Waals surface area contributed by atoms with Crippen molar-refractivity contribution in [2.45, 2.75) is 15.6 Å². The first-order valence-electron chi connectivity index (χ1n) is 6.16. The van der Waals surface area contributed by atoms with Crippen molar-refractivity contribution in [1.29, 1.82) is 0 Å². The van der Waals surface area contributed by atoms with Gasteiger partial charge in [-0.15, -0.1) is 17.0 Å². The monoisotopic (exact) mass is 1040 g/mol. The molecule has 1 aromatic rings. The van der Waals surface area contributed by atoms with Gasteiger partial charge in [-0.25, -0.2) is 0 Å². The van der Waals surface area contributed by atoms with Crippen molar-refractivity contribution in [3.8, 4) is 0 Å². The summed E-state index contributed by atoms with van der Waals surface area (Å²) in [5.74, 6) is 0. The lowest BCUT2D eigenvalue weighted by Crippen LogP contribution is -2.57. The largest absolute Gasteiger partial charge is 0.155 e. The second kappa shape index (κ2) is 10.1. The van der Waals surface area contributed by atoms with Crippen molar-refractivity contribution in [2.24, 2.45) is 0 Å². The molecule has 0 radical (unpaired) electrons. The molecule has 3 atom stereocenters. The van der Waals surface area contributed by atoms with Crippen molar-refractivity contribution < 1.29 is 0 Å². The van der Waals surface area contributed by atoms with Gasteiger partial charge in [0.15, 0.2) is 2.14 Å². The Morgan fingerprint density at radius 1 is 0.840 bits per heavy atom. The molecular weight excluding hydrogens is 1050 g/mol. The number of hydrogen-bond donors (Lipinski definition) is 0. The normalized spacial score (nSPS) is 27.0. The zero-order valence-corrected chi connectivity index (χ0v) is 29.2. The molecule has 0 bridgehead atoms. The predicted molar refractivity (Wildman–Crippen MR) is 151 cm³/mol. The van der Waals surface area contributed by atoms with Crippen LogP contribution in [0.4, 0.5) is 0 Å². The summed E-state index contributed by atoms with van der Waals surface area (Å²) in [4.78, 5) is -0.0957. The second-order valence-electron chi connectivity index (χ2n) is 4.89. The van der Waals surface area contributed by atoms with Crippen molar-refractivity contribution in [1.82, 2.24) is 0 Å². The van der Waals surface area contributed by atoms with Crippen molar-refractivity contribution in [3.05, 3.63) is 53.8 Å². The minimum atomic E-state index is -0.666. The molecule has 1 aliphatic carbocycles. The van der Waals surface area contributed by atoms with Crippen LogP contribution in [0.3, 0.4) is 0 Å². The number of benzene rings is 1. The maximum Gasteiger partial charge on any atom is 0.155 e. The Morgan fingerprint density at radius 2 is 1.32 bits per heavy atom. The van der Waals surface area contributed by atoms with E-state index in [9.17, 15) is 0 Å². The molecule has 0 saturated heterocycles. The average molecular weight is 1050 g/mol. The molecule has 0 aliphatic heterocycles. The maximum atomic E-state index is 4.03. The van der Waals surface area contributed by atoms with Crippen molar-refractivity contribution >= 4 is 176 Å². The van der Waals surface area contributed by atoms with Gasteiger partial charge in [0.25, 0.3) is 0 Å². The van der Waals surface area contributed by atoms with Gasteiger partial charge in [-0.2, -0.15) is 0 Å². The lowest BCUT2D eigenvalue weighted by molar-refractivity contribution is 0.557. The summed E-state index contributed by atoms with van der Waals surface area (Å²) in [6.45, 7) is 0. The van der Waals surface area contributed by atoms with Gasteiger partial charge in [-0.3, -0.25) is 0 Å². The van der Waals surface area contributed by atoms with Gasteiger partial charge in [-0.1, -0.05) is 158 Å². The average Bonchev–Trinajstić information content (AvgIpc) is 2.55. The molecule has 0 heterocycles. The molecule has 0 N–H and O–H groups in total. The van der Waals surface area contributed by atoms with Gasteiger partial charge >= 0.3 is 0 Å². The molecule has 2 rings (SSSR count). The van der Waals surface area contributed by atoms with E-state index in [4.69, 9.17) is 0 Å². The topological polar surface area (TPSA) is 0 Å². The van der Waals surface area contributed by atoms with Crippen molar-refractivity contribution in [2.75, 3.05) is 0 Å². The number of halogens is 11. The molecule has 0 nitrogen and oxygen atoms in total. The highest BCUT2D eigenvalue weighted by molar-refractivity contribution is 9.40. The maximum absolute atomic E-state index is 4.03. The lowest BCUT2D eigenvalue weighted by Gasteiger charge is -2.52. The van der Waals surface area contributed by atoms with E-state index in [0.29, 0.717) is 0 Å². The minimum absolute atomic E-state index is 0. The SMILES string of the molecule is Br.BrC1=C(Br)C(Br)C(Br)(C(Br)(c2ccccc2)C(Br)(Br)Br)C(Br)=C1Br. The van der Waals surface area contributed by atoms with E-state index >= 15 is 0 Å². The van der Waals surface area contributed by atoms with Crippen LogP contribution >= 0.6 is 176 Å². The standard InChI is InChI=1S/C14H6Br10.BrH/c15-7-8(16)10(18)12(20,11(19)9(7)17)13(21,14(22,23)24)6-4-2-1-3-5-6;/h1-5,10H;1H. The summed E-state index contributed by atoms with van der Waals surface area (Å²) >= 11 is 37.9. The van der Waals surface area contributed by atoms with Crippen LogP contribution < -0.4 is 0 Å². The fourth-order valence-corrected chi connectivity index (χ4v) is 11.7. The first kappa shape index (κ1) is 27.0. The van der Waals surface area contributed by atoms with Gasteiger partial charge in [0.1, 0.15) is 4.32 Å². The summed E-state index contributed by atoms with van der Waals surface area (Å²) in [6.07, 6.45) is 0. The summed E-state index contributed by atoms with van der Waals surface area (Å²) in [7, 11) is 0. The van der Waals surface area contributed by atoms with Crippen LogP contribution in [-0.2, 0) is 4.32 Å². The fraction of sp³-hybridized carbons (Fsp3) is 0.286. The van der Waals surface area contributed by atoms with Crippen LogP contribution in [0, 0.1) is 0 Å². The number of allylic oxidation sites excluding steroid dienone is 4. The van der Waals surface area contributed by atoms with Crippen LogP contribution in [0.2, 0.25) is 0 Å². The third-order valence-electron chi connectivity index (χ3n) is 3.55. The zero-order valence-electron chi connectivity index (χ0n) is 11.7. The van der Waals surface area contributed by atoms with Crippen molar-refractivity contribution in [3.63, 3.8) is 0 Å². The molecule has 0 spiro atoms. The van der Waals surface area contributed by atoms with Crippen LogP contribution in [0.15, 0.2) is 48.3 Å². The minimum Gasteiger partial charge on any atom is -0.114 e. The van der Waals surface area contributed by atoms with E-state index in [-0.39, 0.29) is 21.8 Å². The molecule has 25 heavy (non-hydrogen) atoms. The Kier molecular flexibility index (Phi) is 10.9. The molecule has 0 fully saturated rings. The molecular formula is C14H7Br11. The molecule has 0 amide bonds. The van der Waals surface area contributed by atoms with Gasteiger partial charge in [-0.05, 0) is 37.4 Å². The smallest absolute Gasteiger partial charge is 0.114 e. The molecule has 0 saturated carbocycles. The molecule has 1 aromatic carbocycles. The van der Waals surface area contributed by atoms with Gasteiger partial charge < -0.3 is 0 Å². The van der Waals surface area contributed by atoms with E-state index in [2.05, 4.69) is 171 Å². The van der Waals surface area contributed by atoms with E-state index in [0.717, 1.165) is 23.5 Å². The van der Waals surface area contributed by atoms with E-state index < -0.39 is 10.8 Å². The number of alkyl halides is 6. The first-order chi connectivity index (χ1) is 10.9.